The second-order valence-electron chi connectivity index (χ2n) is 8.35. The third-order valence-electron chi connectivity index (χ3n) is 6.48. The second kappa shape index (κ2) is 8.73. The van der Waals surface area contributed by atoms with Crippen molar-refractivity contribution < 1.29 is 0 Å². The fourth-order valence-electron chi connectivity index (χ4n) is 4.58. The van der Waals surface area contributed by atoms with E-state index in [1.807, 2.05) is 30.6 Å². The van der Waals surface area contributed by atoms with Crippen LogP contribution in [0.3, 0.4) is 0 Å². The van der Waals surface area contributed by atoms with Gasteiger partial charge in [0.05, 0.1) is 17.4 Å². The van der Waals surface area contributed by atoms with Crippen LogP contribution in [0.5, 0.6) is 0 Å². The molecule has 3 aromatic heterocycles. The number of hydrogen-bond acceptors (Lipinski definition) is 9. The summed E-state index contributed by atoms with van der Waals surface area (Å²) in [5.41, 5.74) is 12.5. The average molecular weight is 469 g/mol. The third-order valence-corrected chi connectivity index (χ3v) is 7.97. The van der Waals surface area contributed by atoms with E-state index in [0.717, 1.165) is 60.6 Å². The minimum Gasteiger partial charge on any atom is -0.382 e. The van der Waals surface area contributed by atoms with E-state index in [4.69, 9.17) is 23.1 Å². The van der Waals surface area contributed by atoms with Gasteiger partial charge in [0.1, 0.15) is 22.5 Å². The van der Waals surface area contributed by atoms with Crippen LogP contribution in [-0.4, -0.2) is 52.2 Å². The first kappa shape index (κ1) is 21.2. The van der Waals surface area contributed by atoms with Gasteiger partial charge >= 0.3 is 0 Å². The number of rotatable bonds is 4. The number of piperidine rings is 1. The second-order valence-corrected chi connectivity index (χ2v) is 9.79. The molecule has 32 heavy (non-hydrogen) atoms. The molecule has 5 heterocycles. The van der Waals surface area contributed by atoms with Crippen LogP contribution in [0.4, 0.5) is 17.5 Å². The summed E-state index contributed by atoms with van der Waals surface area (Å²) < 4.78 is 0. The number of nitrogens with zero attached hydrogens (tertiary/aromatic N) is 6. The minimum absolute atomic E-state index is 0.120. The summed E-state index contributed by atoms with van der Waals surface area (Å²) in [7, 11) is 0. The molecule has 166 valence electrons. The predicted molar refractivity (Wildman–Crippen MR) is 128 cm³/mol. The highest BCUT2D eigenvalue weighted by atomic mass is 35.5. The number of nitrogen functional groups attached to an aromatic ring is 1. The summed E-state index contributed by atoms with van der Waals surface area (Å²) in [6.45, 7) is 3.64. The maximum atomic E-state index is 6.63. The largest absolute Gasteiger partial charge is 0.382 e. The van der Waals surface area contributed by atoms with E-state index in [1.54, 1.807) is 12.4 Å². The topological polar surface area (TPSA) is 110 Å². The molecule has 8 nitrogen and oxygen atoms in total. The highest BCUT2D eigenvalue weighted by Crippen LogP contribution is 2.41. The fourth-order valence-corrected chi connectivity index (χ4v) is 5.56. The molecule has 1 atom stereocenters. The molecule has 0 radical (unpaired) electrons. The molecule has 2 aliphatic heterocycles. The number of hydrogen-bond donors (Lipinski definition) is 2. The van der Waals surface area contributed by atoms with Gasteiger partial charge in [-0.2, -0.15) is 0 Å². The van der Waals surface area contributed by atoms with Crippen LogP contribution in [0.25, 0.3) is 0 Å². The van der Waals surface area contributed by atoms with E-state index >= 15 is 0 Å². The van der Waals surface area contributed by atoms with Crippen molar-refractivity contribution in [3.8, 4) is 0 Å². The summed E-state index contributed by atoms with van der Waals surface area (Å²) in [5.74, 6) is 2.21. The molecule has 0 saturated carbocycles. The molecular weight excluding hydrogens is 444 g/mol. The molecule has 0 amide bonds. The monoisotopic (exact) mass is 468 g/mol. The molecule has 0 aliphatic carbocycles. The number of nitrogens with two attached hydrogens (primary N) is 2. The zero-order valence-electron chi connectivity index (χ0n) is 17.6. The Bertz CT molecular complexity index is 1070. The van der Waals surface area contributed by atoms with Crippen molar-refractivity contribution in [2.45, 2.75) is 28.8 Å². The van der Waals surface area contributed by atoms with Crippen molar-refractivity contribution in [1.82, 2.24) is 19.9 Å². The first-order valence-corrected chi connectivity index (χ1v) is 11.8. The predicted octanol–water partition coefficient (Wildman–Crippen LogP) is 3.09. The lowest BCUT2D eigenvalue weighted by Crippen LogP contribution is -2.49. The van der Waals surface area contributed by atoms with Crippen LogP contribution in [0.2, 0.25) is 5.02 Å². The van der Waals surface area contributed by atoms with E-state index < -0.39 is 0 Å². The molecule has 0 bridgehead atoms. The Hall–Kier alpha value is -2.62. The van der Waals surface area contributed by atoms with Crippen molar-refractivity contribution >= 4 is 40.8 Å². The standard InChI is InChI=1S/C22H25ClN8S/c23-20-15(4-8-27-21(20)25)32-19-12-28-18(11-29-19)30-9-5-22(6-10-30)14-31(13-16(22)24)17-3-1-2-7-26-17/h1-4,7-8,11-12,16H,5-6,9-10,13-14,24H2,(H2,25,27). The summed E-state index contributed by atoms with van der Waals surface area (Å²) >= 11 is 7.66. The van der Waals surface area contributed by atoms with Gasteiger partial charge in [-0.1, -0.05) is 29.4 Å². The lowest BCUT2D eigenvalue weighted by molar-refractivity contribution is 0.220. The van der Waals surface area contributed by atoms with E-state index in [9.17, 15) is 0 Å². The van der Waals surface area contributed by atoms with Gasteiger partial charge in [0.2, 0.25) is 0 Å². The maximum Gasteiger partial charge on any atom is 0.147 e. The lowest BCUT2D eigenvalue weighted by Gasteiger charge is -2.41. The van der Waals surface area contributed by atoms with Crippen molar-refractivity contribution in [2.75, 3.05) is 41.7 Å². The van der Waals surface area contributed by atoms with E-state index in [1.165, 1.54) is 11.8 Å². The van der Waals surface area contributed by atoms with Crippen molar-refractivity contribution in [3.05, 3.63) is 54.1 Å². The molecule has 2 fully saturated rings. The van der Waals surface area contributed by atoms with Gasteiger partial charge in [-0.05, 0) is 31.0 Å². The summed E-state index contributed by atoms with van der Waals surface area (Å²) in [6, 6.07) is 8.00. The van der Waals surface area contributed by atoms with Crippen LogP contribution in [0.15, 0.2) is 59.0 Å². The smallest absolute Gasteiger partial charge is 0.147 e. The molecule has 1 spiro atoms. The molecular formula is C22H25ClN8S. The van der Waals surface area contributed by atoms with Crippen molar-refractivity contribution in [3.63, 3.8) is 0 Å². The highest BCUT2D eigenvalue weighted by Gasteiger charge is 2.46. The van der Waals surface area contributed by atoms with Gasteiger partial charge in [0.15, 0.2) is 0 Å². The number of pyridine rings is 2. The van der Waals surface area contributed by atoms with Crippen molar-refractivity contribution in [1.29, 1.82) is 0 Å². The zero-order chi connectivity index (χ0) is 22.1. The highest BCUT2D eigenvalue weighted by molar-refractivity contribution is 7.99. The van der Waals surface area contributed by atoms with Crippen LogP contribution < -0.4 is 21.3 Å². The molecule has 5 rings (SSSR count). The van der Waals surface area contributed by atoms with Crippen LogP contribution in [-0.2, 0) is 0 Å². The summed E-state index contributed by atoms with van der Waals surface area (Å²) in [4.78, 5) is 23.1. The van der Waals surface area contributed by atoms with Gasteiger partial charge in [0, 0.05) is 54.9 Å². The number of anilines is 3. The van der Waals surface area contributed by atoms with Gasteiger partial charge in [-0.3, -0.25) is 0 Å². The van der Waals surface area contributed by atoms with E-state index in [2.05, 4.69) is 35.8 Å². The summed E-state index contributed by atoms with van der Waals surface area (Å²) in [5, 5.41) is 1.20. The first-order chi connectivity index (χ1) is 15.5. The van der Waals surface area contributed by atoms with Gasteiger partial charge in [0.25, 0.3) is 0 Å². The summed E-state index contributed by atoms with van der Waals surface area (Å²) in [6.07, 6.45) is 9.14. The quantitative estimate of drug-likeness (QED) is 0.596. The van der Waals surface area contributed by atoms with Gasteiger partial charge in [-0.15, -0.1) is 0 Å². The first-order valence-electron chi connectivity index (χ1n) is 10.6. The minimum atomic E-state index is 0.120. The van der Waals surface area contributed by atoms with E-state index in [0.29, 0.717) is 10.8 Å². The Kier molecular flexibility index (Phi) is 5.79. The molecule has 4 N–H and O–H groups in total. The molecule has 3 aromatic rings. The molecule has 1 unspecified atom stereocenters. The third kappa shape index (κ3) is 4.07. The van der Waals surface area contributed by atoms with Gasteiger partial charge in [-0.25, -0.2) is 19.9 Å². The Morgan fingerprint density at radius 2 is 1.81 bits per heavy atom. The average Bonchev–Trinajstić information content (AvgIpc) is 3.14. The van der Waals surface area contributed by atoms with Crippen LogP contribution >= 0.6 is 23.4 Å². The van der Waals surface area contributed by atoms with Crippen LogP contribution in [0.1, 0.15) is 12.8 Å². The molecule has 10 heteroatoms. The molecule has 2 aliphatic rings. The fraction of sp³-hybridized carbons (Fsp3) is 0.364. The van der Waals surface area contributed by atoms with Crippen LogP contribution in [0, 0.1) is 5.41 Å². The zero-order valence-corrected chi connectivity index (χ0v) is 19.1. The normalized spacial score (nSPS) is 20.1. The SMILES string of the molecule is Nc1nccc(Sc2cnc(N3CCC4(CC3)CN(c3ccccn3)CC4N)cn2)c1Cl. The number of aromatic nitrogens is 4. The lowest BCUT2D eigenvalue weighted by atomic mass is 9.75. The maximum absolute atomic E-state index is 6.63. The Morgan fingerprint density at radius 1 is 0.969 bits per heavy atom. The number of halogens is 1. The van der Waals surface area contributed by atoms with Gasteiger partial charge < -0.3 is 21.3 Å². The van der Waals surface area contributed by atoms with Crippen molar-refractivity contribution in [2.24, 2.45) is 11.1 Å². The Morgan fingerprint density at radius 3 is 2.53 bits per heavy atom. The molecule has 0 aromatic carbocycles. The Labute approximate surface area is 196 Å². The molecule has 2 saturated heterocycles. The van der Waals surface area contributed by atoms with E-state index in [-0.39, 0.29) is 11.5 Å². The Balaban J connectivity index is 1.22.